The van der Waals surface area contributed by atoms with E-state index in [2.05, 4.69) is 132 Å². The van der Waals surface area contributed by atoms with Crippen LogP contribution in [0.3, 0.4) is 0 Å². The van der Waals surface area contributed by atoms with Crippen LogP contribution in [0, 0.1) is 0 Å². The number of aryl methyl sites for hydroxylation is 1. The molecule has 10 heteroatoms. The Morgan fingerprint density at radius 1 is 0.883 bits per heavy atom. The van der Waals surface area contributed by atoms with Crippen LogP contribution >= 0.6 is 0 Å². The van der Waals surface area contributed by atoms with Crippen molar-refractivity contribution in [1.82, 2.24) is 4.90 Å². The van der Waals surface area contributed by atoms with Crippen molar-refractivity contribution in [2.24, 2.45) is 7.05 Å². The Hall–Kier alpha value is -4.80. The summed E-state index contributed by atoms with van der Waals surface area (Å²) < 4.78 is 43.1. The van der Waals surface area contributed by atoms with Gasteiger partial charge in [-0.25, -0.2) is 9.36 Å². The molecule has 3 heterocycles. The average molecular weight is 835 g/mol. The topological polar surface area (TPSA) is 94.0 Å². The zero-order valence-corrected chi connectivity index (χ0v) is 38.1. The maximum Gasteiger partial charge on any atom is 0.415 e. The van der Waals surface area contributed by atoms with Crippen LogP contribution < -0.4 is 9.47 Å². The lowest BCUT2D eigenvalue weighted by Crippen LogP contribution is -2.45. The highest BCUT2D eigenvalue weighted by atomic mass is 32.2. The van der Waals surface area contributed by atoms with E-state index in [4.69, 9.17) is 4.74 Å². The molecule has 2 aliphatic heterocycles. The molecule has 1 amide bonds. The van der Waals surface area contributed by atoms with Crippen molar-refractivity contribution in [3.8, 4) is 0 Å². The van der Waals surface area contributed by atoms with E-state index in [0.29, 0.717) is 19.4 Å². The molecule has 6 rings (SSSR count). The summed E-state index contributed by atoms with van der Waals surface area (Å²) in [4.78, 5) is 18.7. The van der Waals surface area contributed by atoms with E-state index in [1.807, 2.05) is 47.1 Å². The summed E-state index contributed by atoms with van der Waals surface area (Å²) in [5.41, 5.74) is 10.0. The molecule has 0 spiro atoms. The number of carbonyl (C=O) groups is 1. The van der Waals surface area contributed by atoms with Crippen LogP contribution in [0.2, 0.25) is 0 Å². The van der Waals surface area contributed by atoms with Crippen LogP contribution in [0.4, 0.5) is 16.2 Å². The Labute approximate surface area is 359 Å². The molecular formula is C50H66N4O5S+2. The molecule has 60 heavy (non-hydrogen) atoms. The molecule has 1 aromatic heterocycles. The molecule has 2 aromatic carbocycles. The number of ether oxygens (including phenoxy) is 1. The smallest absolute Gasteiger partial charge is 0.415 e. The monoisotopic (exact) mass is 834 g/mol. The minimum Gasteiger partial charge on any atom is -0.444 e. The van der Waals surface area contributed by atoms with Crippen LogP contribution in [0.25, 0.3) is 0 Å². The van der Waals surface area contributed by atoms with E-state index in [0.717, 1.165) is 66.0 Å². The van der Waals surface area contributed by atoms with E-state index >= 15 is 0 Å². The number of hydrogen-bond acceptors (Lipinski definition) is 5. The molecule has 0 saturated carbocycles. The van der Waals surface area contributed by atoms with Gasteiger partial charge < -0.3 is 9.64 Å². The molecule has 0 bridgehead atoms. The van der Waals surface area contributed by atoms with Gasteiger partial charge in [0.25, 0.3) is 10.1 Å². The summed E-state index contributed by atoms with van der Waals surface area (Å²) in [6.07, 6.45) is 18.3. The third-order valence-corrected chi connectivity index (χ3v) is 13.1. The number of aromatic nitrogens is 1. The number of nitrogens with zero attached hydrogens (tertiary/aromatic N) is 4. The van der Waals surface area contributed by atoms with E-state index < -0.39 is 21.8 Å². The number of para-hydroxylation sites is 2. The number of benzene rings is 2. The van der Waals surface area contributed by atoms with Crippen LogP contribution in [0.5, 0.6) is 0 Å². The van der Waals surface area contributed by atoms with E-state index in [1.54, 1.807) is 0 Å². The van der Waals surface area contributed by atoms with Crippen LogP contribution in [0.1, 0.15) is 117 Å². The number of allylic oxidation sites excluding steroid dienone is 7. The largest absolute Gasteiger partial charge is 0.444 e. The molecular weight excluding hydrogens is 769 g/mol. The number of rotatable bonds is 15. The summed E-state index contributed by atoms with van der Waals surface area (Å²) in [7, 11) is -2.08. The van der Waals surface area contributed by atoms with Crippen molar-refractivity contribution < 1.29 is 31.6 Å². The highest BCUT2D eigenvalue weighted by Gasteiger charge is 2.45. The molecule has 9 nitrogen and oxygen atoms in total. The fourth-order valence-corrected chi connectivity index (χ4v) is 9.63. The second-order valence-corrected chi connectivity index (χ2v) is 20.1. The summed E-state index contributed by atoms with van der Waals surface area (Å²) in [5.74, 6) is -0.264. The van der Waals surface area contributed by atoms with Crippen molar-refractivity contribution in [1.29, 1.82) is 0 Å². The molecule has 0 unspecified atom stereocenters. The van der Waals surface area contributed by atoms with E-state index in [1.165, 1.54) is 28.9 Å². The predicted octanol–water partition coefficient (Wildman–Crippen LogP) is 10.4. The van der Waals surface area contributed by atoms with E-state index in [-0.39, 0.29) is 23.2 Å². The normalized spacial score (nSPS) is 18.6. The van der Waals surface area contributed by atoms with Crippen molar-refractivity contribution >= 4 is 33.3 Å². The maximum atomic E-state index is 14.5. The van der Waals surface area contributed by atoms with Crippen LogP contribution in [-0.2, 0) is 39.3 Å². The Balaban J connectivity index is 1.45. The third kappa shape index (κ3) is 9.71. The first-order valence-electron chi connectivity index (χ1n) is 21.7. The minimum absolute atomic E-state index is 0.157. The zero-order valence-electron chi connectivity index (χ0n) is 37.3. The predicted molar refractivity (Wildman–Crippen MR) is 242 cm³/mol. The van der Waals surface area contributed by atoms with Gasteiger partial charge in [-0.2, -0.15) is 13.0 Å². The lowest BCUT2D eigenvalue weighted by Gasteiger charge is -2.37. The van der Waals surface area contributed by atoms with Gasteiger partial charge in [-0.1, -0.05) is 75.7 Å². The van der Waals surface area contributed by atoms with Gasteiger partial charge in [-0.15, -0.1) is 0 Å². The molecule has 0 atom stereocenters. The molecule has 320 valence electrons. The molecule has 0 saturated heterocycles. The van der Waals surface area contributed by atoms with Gasteiger partial charge in [0.05, 0.1) is 16.9 Å². The van der Waals surface area contributed by atoms with E-state index in [9.17, 15) is 17.8 Å². The van der Waals surface area contributed by atoms with Crippen molar-refractivity contribution in [2.45, 2.75) is 123 Å². The second kappa shape index (κ2) is 18.0. The van der Waals surface area contributed by atoms with Gasteiger partial charge in [-0.05, 0) is 95.6 Å². The Kier molecular flexibility index (Phi) is 13.5. The molecule has 0 fully saturated rings. The molecule has 0 radical (unpaired) electrons. The Bertz CT molecular complexity index is 2340. The molecule has 3 aromatic rings. The number of anilines is 1. The fourth-order valence-electron chi connectivity index (χ4n) is 9.06. The third-order valence-electron chi connectivity index (χ3n) is 12.3. The summed E-state index contributed by atoms with van der Waals surface area (Å²) >= 11 is 0. The number of unbranched alkanes of at least 4 members (excludes halogenated alkanes) is 3. The lowest BCUT2D eigenvalue weighted by molar-refractivity contribution is -0.671. The maximum absolute atomic E-state index is 14.5. The summed E-state index contributed by atoms with van der Waals surface area (Å²) in [5, 5.41) is 0. The van der Waals surface area contributed by atoms with Gasteiger partial charge in [0, 0.05) is 70.7 Å². The number of amides is 1. The molecule has 1 N–H and O–H groups in total. The second-order valence-electron chi connectivity index (χ2n) is 18.6. The number of fused-ring (bicyclic) bond motifs is 2. The first-order chi connectivity index (χ1) is 28.3. The fraction of sp³-hybridized carbons (Fsp3) is 0.460. The highest BCUT2D eigenvalue weighted by Crippen LogP contribution is 2.48. The average Bonchev–Trinajstić information content (AvgIpc) is 3.75. The SMILES string of the molecule is CCCCC[N+]1=C(/C=C/C2=C(N(C(=O)OCc3cc[n+](C)cc3)C(C)(C)C)C(=C/C=C3/N(CCCCS(=O)(=O)O)c4ccccc4C3(C)C)/CC2)C(C)(C)c2ccccc21. The highest BCUT2D eigenvalue weighted by molar-refractivity contribution is 7.85. The van der Waals surface area contributed by atoms with Gasteiger partial charge in [0.2, 0.25) is 5.69 Å². The summed E-state index contributed by atoms with van der Waals surface area (Å²) in [6, 6.07) is 21.1. The molecule has 3 aliphatic rings. The zero-order chi connectivity index (χ0) is 43.5. The van der Waals surface area contributed by atoms with Crippen LogP contribution in [-0.4, -0.2) is 58.6 Å². The first-order valence-corrected chi connectivity index (χ1v) is 23.3. The Morgan fingerprint density at radius 3 is 2.25 bits per heavy atom. The lowest BCUT2D eigenvalue weighted by atomic mass is 9.81. The number of hydrogen-bond donors (Lipinski definition) is 1. The number of pyridine rings is 1. The minimum atomic E-state index is -4.04. The van der Waals surface area contributed by atoms with Gasteiger partial charge in [0.15, 0.2) is 18.1 Å². The van der Waals surface area contributed by atoms with Gasteiger partial charge >= 0.3 is 6.09 Å². The standard InChI is InChI=1S/C50H65N4O5S/c1-10-11-16-31-52-42-21-14-12-19-40(42)49(5,6)44(52)27-25-38-23-24-39(46(38)54(48(2,3)4)47(55)59-36-37-29-33-51(9)34-30-37)26-28-45-50(7,8)41-20-13-15-22-43(41)53(45)32-17-18-35-60(56,57)58/h12-15,19-22,25-30,33-34H,10-11,16-18,23-24,31-32,35-36H2,1-9H3/q+1/p+1. The Morgan fingerprint density at radius 2 is 1.57 bits per heavy atom. The van der Waals surface area contributed by atoms with Gasteiger partial charge in [-0.3, -0.25) is 9.45 Å². The quantitative estimate of drug-likeness (QED) is 0.0931. The summed E-state index contributed by atoms with van der Waals surface area (Å²) in [6.45, 7) is 19.2. The first kappa shape index (κ1) is 44.7. The molecule has 1 aliphatic carbocycles. The van der Waals surface area contributed by atoms with Crippen LogP contribution in [0.15, 0.2) is 120 Å². The van der Waals surface area contributed by atoms with Crippen molar-refractivity contribution in [3.05, 3.63) is 137 Å². The van der Waals surface area contributed by atoms with Crippen molar-refractivity contribution in [3.63, 3.8) is 0 Å². The van der Waals surface area contributed by atoms with Crippen molar-refractivity contribution in [2.75, 3.05) is 23.7 Å². The number of carbonyl (C=O) groups excluding carboxylic acids is 1. The van der Waals surface area contributed by atoms with Gasteiger partial charge in [0.1, 0.15) is 20.2 Å².